The van der Waals surface area contributed by atoms with E-state index in [1.165, 1.54) is 18.4 Å². The third kappa shape index (κ3) is 2.03. The molecule has 1 aliphatic rings. The molecule has 0 saturated heterocycles. The molecule has 3 aromatic rings. The third-order valence-corrected chi connectivity index (χ3v) is 4.61. The molecule has 0 N–H and O–H groups in total. The van der Waals surface area contributed by atoms with Crippen LogP contribution in [0.15, 0.2) is 30.5 Å². The van der Waals surface area contributed by atoms with Crippen molar-refractivity contribution in [2.24, 2.45) is 0 Å². The van der Waals surface area contributed by atoms with Crippen LogP contribution in [0.3, 0.4) is 0 Å². The SMILES string of the molecule is COC(=O)c1cc2c(c(-c3nc4cccnc4s3)c1)OCC2. The monoisotopic (exact) mass is 312 g/mol. The number of hydrogen-bond donors (Lipinski definition) is 0. The molecule has 0 fully saturated rings. The summed E-state index contributed by atoms with van der Waals surface area (Å²) in [5, 5.41) is 0.803. The minimum Gasteiger partial charge on any atom is -0.492 e. The second-order valence-corrected chi connectivity index (χ2v) is 5.93. The topological polar surface area (TPSA) is 61.3 Å². The molecule has 0 aliphatic carbocycles. The van der Waals surface area contributed by atoms with Gasteiger partial charge in [0.1, 0.15) is 21.1 Å². The summed E-state index contributed by atoms with van der Waals surface area (Å²) >= 11 is 1.49. The maximum absolute atomic E-state index is 11.9. The summed E-state index contributed by atoms with van der Waals surface area (Å²) in [6, 6.07) is 7.40. The normalized spacial score (nSPS) is 13.0. The van der Waals surface area contributed by atoms with Crippen LogP contribution in [0.25, 0.3) is 20.9 Å². The number of ether oxygens (including phenoxy) is 2. The van der Waals surface area contributed by atoms with E-state index in [1.807, 2.05) is 18.2 Å². The van der Waals surface area contributed by atoms with E-state index in [-0.39, 0.29) is 5.97 Å². The number of carbonyl (C=O) groups is 1. The van der Waals surface area contributed by atoms with Crippen LogP contribution in [0.1, 0.15) is 15.9 Å². The lowest BCUT2D eigenvalue weighted by atomic mass is 10.0. The Morgan fingerprint density at radius 1 is 1.41 bits per heavy atom. The minimum absolute atomic E-state index is 0.352. The molecule has 5 nitrogen and oxygen atoms in total. The quantitative estimate of drug-likeness (QED) is 0.681. The van der Waals surface area contributed by atoms with Crippen LogP contribution in [0.5, 0.6) is 5.75 Å². The van der Waals surface area contributed by atoms with Crippen molar-refractivity contribution < 1.29 is 14.3 Å². The molecule has 0 radical (unpaired) electrons. The predicted molar refractivity (Wildman–Crippen MR) is 83.4 cm³/mol. The Labute approximate surface area is 130 Å². The number of rotatable bonds is 2. The number of nitrogens with zero attached hydrogens (tertiary/aromatic N) is 2. The average molecular weight is 312 g/mol. The van der Waals surface area contributed by atoms with Gasteiger partial charge in [0, 0.05) is 12.6 Å². The third-order valence-electron chi connectivity index (χ3n) is 3.60. The second-order valence-electron chi connectivity index (χ2n) is 4.95. The number of hydrogen-bond acceptors (Lipinski definition) is 6. The molecule has 1 aromatic carbocycles. The van der Waals surface area contributed by atoms with Gasteiger partial charge in [0.05, 0.1) is 24.8 Å². The predicted octanol–water partition coefficient (Wildman–Crippen LogP) is 3.08. The first-order chi connectivity index (χ1) is 10.8. The molecule has 110 valence electrons. The van der Waals surface area contributed by atoms with E-state index >= 15 is 0 Å². The molecule has 6 heteroatoms. The van der Waals surface area contributed by atoms with Gasteiger partial charge in [-0.25, -0.2) is 14.8 Å². The first-order valence-electron chi connectivity index (χ1n) is 6.86. The van der Waals surface area contributed by atoms with E-state index < -0.39 is 0 Å². The van der Waals surface area contributed by atoms with E-state index in [2.05, 4.69) is 9.97 Å². The molecule has 0 saturated carbocycles. The van der Waals surface area contributed by atoms with E-state index in [0.29, 0.717) is 12.2 Å². The Hall–Kier alpha value is -2.47. The lowest BCUT2D eigenvalue weighted by Crippen LogP contribution is -2.02. The fourth-order valence-electron chi connectivity index (χ4n) is 2.59. The molecule has 22 heavy (non-hydrogen) atoms. The molecule has 4 rings (SSSR count). The second kappa shape index (κ2) is 5.06. The summed E-state index contributed by atoms with van der Waals surface area (Å²) in [5.74, 6) is 0.460. The van der Waals surface area contributed by atoms with Crippen LogP contribution in [0.2, 0.25) is 0 Å². The minimum atomic E-state index is -0.352. The zero-order chi connectivity index (χ0) is 15.1. The molecular formula is C16H12N2O3S. The highest BCUT2D eigenvalue weighted by Gasteiger charge is 2.23. The van der Waals surface area contributed by atoms with Gasteiger partial charge in [-0.15, -0.1) is 0 Å². The van der Waals surface area contributed by atoms with Crippen LogP contribution < -0.4 is 4.74 Å². The van der Waals surface area contributed by atoms with Crippen molar-refractivity contribution in [3.63, 3.8) is 0 Å². The molecule has 0 atom stereocenters. The van der Waals surface area contributed by atoms with Crippen molar-refractivity contribution in [2.45, 2.75) is 6.42 Å². The number of esters is 1. The molecule has 0 amide bonds. The van der Waals surface area contributed by atoms with Crippen molar-refractivity contribution in [2.75, 3.05) is 13.7 Å². The van der Waals surface area contributed by atoms with Crippen molar-refractivity contribution in [3.05, 3.63) is 41.6 Å². The molecular weight excluding hydrogens is 300 g/mol. The lowest BCUT2D eigenvalue weighted by Gasteiger charge is -2.08. The van der Waals surface area contributed by atoms with Crippen LogP contribution in [-0.2, 0) is 11.2 Å². The van der Waals surface area contributed by atoms with Gasteiger partial charge in [-0.05, 0) is 29.8 Å². The Bertz CT molecular complexity index is 855. The number of pyridine rings is 1. The number of methoxy groups -OCH3 is 1. The van der Waals surface area contributed by atoms with Gasteiger partial charge in [-0.3, -0.25) is 0 Å². The van der Waals surface area contributed by atoms with E-state index in [0.717, 1.165) is 38.7 Å². The van der Waals surface area contributed by atoms with Gasteiger partial charge in [0.15, 0.2) is 0 Å². The van der Waals surface area contributed by atoms with Crippen molar-refractivity contribution in [1.82, 2.24) is 9.97 Å². The first kappa shape index (κ1) is 13.2. The highest BCUT2D eigenvalue weighted by Crippen LogP contribution is 2.40. The van der Waals surface area contributed by atoms with Crippen molar-refractivity contribution in [3.8, 4) is 16.3 Å². The molecule has 0 bridgehead atoms. The van der Waals surface area contributed by atoms with Crippen LogP contribution in [0, 0.1) is 0 Å². The largest absolute Gasteiger partial charge is 0.492 e. The molecule has 2 aromatic heterocycles. The Morgan fingerprint density at radius 2 is 2.32 bits per heavy atom. The van der Waals surface area contributed by atoms with Gasteiger partial charge < -0.3 is 9.47 Å². The fraction of sp³-hybridized carbons (Fsp3) is 0.188. The van der Waals surface area contributed by atoms with E-state index in [9.17, 15) is 4.79 Å². The van der Waals surface area contributed by atoms with E-state index in [4.69, 9.17) is 9.47 Å². The van der Waals surface area contributed by atoms with Gasteiger partial charge in [0.2, 0.25) is 0 Å². The average Bonchev–Trinajstić information content (AvgIpc) is 3.19. The molecule has 0 spiro atoms. The number of thiazole rings is 1. The summed E-state index contributed by atoms with van der Waals surface area (Å²) in [7, 11) is 1.38. The van der Waals surface area contributed by atoms with Crippen molar-refractivity contribution in [1.29, 1.82) is 0 Å². The van der Waals surface area contributed by atoms with Crippen LogP contribution in [-0.4, -0.2) is 29.7 Å². The summed E-state index contributed by atoms with van der Waals surface area (Å²) in [6.07, 6.45) is 2.53. The standard InChI is InChI=1S/C16H12N2O3S/c1-20-16(19)10-7-9-4-6-21-13(9)11(8-10)14-18-12-3-2-5-17-15(12)22-14/h2-3,5,7-8H,4,6H2,1H3. The van der Waals surface area contributed by atoms with Gasteiger partial charge >= 0.3 is 5.97 Å². The Morgan fingerprint density at radius 3 is 3.14 bits per heavy atom. The zero-order valence-corrected chi connectivity index (χ0v) is 12.6. The summed E-state index contributed by atoms with van der Waals surface area (Å²) < 4.78 is 10.6. The van der Waals surface area contributed by atoms with E-state index in [1.54, 1.807) is 12.3 Å². The maximum atomic E-state index is 11.9. The van der Waals surface area contributed by atoms with Gasteiger partial charge in [-0.1, -0.05) is 11.3 Å². The Kier molecular flexibility index (Phi) is 3.04. The number of fused-ring (bicyclic) bond motifs is 2. The summed E-state index contributed by atoms with van der Waals surface area (Å²) in [5.41, 5.74) is 3.22. The highest BCUT2D eigenvalue weighted by molar-refractivity contribution is 7.21. The van der Waals surface area contributed by atoms with Crippen LogP contribution >= 0.6 is 11.3 Å². The number of carbonyl (C=O) groups excluding carboxylic acids is 1. The molecule has 0 unspecified atom stereocenters. The van der Waals surface area contributed by atoms with Crippen molar-refractivity contribution >= 4 is 27.7 Å². The van der Waals surface area contributed by atoms with Crippen LogP contribution in [0.4, 0.5) is 0 Å². The number of benzene rings is 1. The zero-order valence-electron chi connectivity index (χ0n) is 11.8. The number of aromatic nitrogens is 2. The molecule has 1 aliphatic heterocycles. The maximum Gasteiger partial charge on any atom is 0.337 e. The van der Waals surface area contributed by atoms with Gasteiger partial charge in [0.25, 0.3) is 0 Å². The first-order valence-corrected chi connectivity index (χ1v) is 7.68. The fourth-order valence-corrected chi connectivity index (χ4v) is 3.51. The lowest BCUT2D eigenvalue weighted by molar-refractivity contribution is 0.0600. The Balaban J connectivity index is 1.93. The molecule has 3 heterocycles. The highest BCUT2D eigenvalue weighted by atomic mass is 32.1. The smallest absolute Gasteiger partial charge is 0.337 e. The van der Waals surface area contributed by atoms with Gasteiger partial charge in [-0.2, -0.15) is 0 Å². The summed E-state index contributed by atoms with van der Waals surface area (Å²) in [4.78, 5) is 21.7. The summed E-state index contributed by atoms with van der Waals surface area (Å²) in [6.45, 7) is 0.621.